The average Bonchev–Trinajstić information content (AvgIpc) is 2.87. The summed E-state index contributed by atoms with van der Waals surface area (Å²) in [6.45, 7) is 5.78. The molecule has 0 aliphatic heterocycles. The lowest BCUT2D eigenvalue weighted by atomic mass is 10.0. The number of carboxylic acids is 1. The number of aromatic carboxylic acids is 1. The van der Waals surface area contributed by atoms with Gasteiger partial charge in [0.05, 0.1) is 0 Å². The molecule has 2 N–H and O–H groups in total. The standard InChI is InChI=1S/C16H12FNO2.C2H6/c1-9-13-7-4-11(10-2-5-12(17)6-3-10)8-14(13)18-15(9)16(19)20;1-2/h2-8,18H,1H3,(H,19,20);1-2H3. The fourth-order valence-corrected chi connectivity index (χ4v) is 2.37. The average molecular weight is 299 g/mol. The number of hydrogen-bond donors (Lipinski definition) is 2. The maximum Gasteiger partial charge on any atom is 0.352 e. The molecule has 0 spiro atoms. The molecular weight excluding hydrogens is 281 g/mol. The third-order valence-electron chi connectivity index (χ3n) is 3.45. The third kappa shape index (κ3) is 2.86. The number of hydrogen-bond acceptors (Lipinski definition) is 1. The number of aromatic amines is 1. The van der Waals surface area contributed by atoms with Gasteiger partial charge in [0, 0.05) is 10.9 Å². The molecule has 0 aliphatic carbocycles. The summed E-state index contributed by atoms with van der Waals surface area (Å²) >= 11 is 0. The second kappa shape index (κ2) is 6.43. The van der Waals surface area contributed by atoms with Gasteiger partial charge in [-0.15, -0.1) is 0 Å². The molecule has 0 bridgehead atoms. The second-order valence-corrected chi connectivity index (χ2v) is 4.70. The molecule has 22 heavy (non-hydrogen) atoms. The van der Waals surface area contributed by atoms with Crippen LogP contribution in [0.4, 0.5) is 4.39 Å². The van der Waals surface area contributed by atoms with E-state index in [4.69, 9.17) is 5.11 Å². The number of aryl methyl sites for hydroxylation is 1. The van der Waals surface area contributed by atoms with Crippen molar-refractivity contribution < 1.29 is 14.3 Å². The molecule has 0 radical (unpaired) electrons. The molecule has 3 rings (SSSR count). The van der Waals surface area contributed by atoms with Crippen LogP contribution < -0.4 is 0 Å². The molecule has 2 aromatic carbocycles. The Labute approximate surface area is 128 Å². The van der Waals surface area contributed by atoms with Crippen molar-refractivity contribution in [2.45, 2.75) is 20.8 Å². The molecular formula is C18H18FNO2. The Morgan fingerprint density at radius 2 is 1.64 bits per heavy atom. The summed E-state index contributed by atoms with van der Waals surface area (Å²) in [5.74, 6) is -1.25. The van der Waals surface area contributed by atoms with Crippen LogP contribution in [0.3, 0.4) is 0 Å². The van der Waals surface area contributed by atoms with E-state index in [0.29, 0.717) is 0 Å². The van der Waals surface area contributed by atoms with Gasteiger partial charge in [0.15, 0.2) is 0 Å². The molecule has 114 valence electrons. The number of nitrogens with one attached hydrogen (secondary N) is 1. The van der Waals surface area contributed by atoms with Crippen molar-refractivity contribution in [1.29, 1.82) is 0 Å². The number of aromatic nitrogens is 1. The minimum Gasteiger partial charge on any atom is -0.477 e. The summed E-state index contributed by atoms with van der Waals surface area (Å²) < 4.78 is 12.9. The smallest absolute Gasteiger partial charge is 0.352 e. The summed E-state index contributed by atoms with van der Waals surface area (Å²) in [5, 5.41) is 9.99. The van der Waals surface area contributed by atoms with Gasteiger partial charge in [0.1, 0.15) is 11.5 Å². The zero-order valence-corrected chi connectivity index (χ0v) is 12.8. The van der Waals surface area contributed by atoms with Crippen molar-refractivity contribution in [3.63, 3.8) is 0 Å². The zero-order valence-electron chi connectivity index (χ0n) is 12.8. The van der Waals surface area contributed by atoms with Crippen LogP contribution in [-0.4, -0.2) is 16.1 Å². The SMILES string of the molecule is CC.Cc1c(C(=O)O)[nH]c2cc(-c3ccc(F)cc3)ccc12. The number of fused-ring (bicyclic) bond motifs is 1. The minimum atomic E-state index is -0.970. The summed E-state index contributed by atoms with van der Waals surface area (Å²) in [6.07, 6.45) is 0. The maximum atomic E-state index is 12.9. The van der Waals surface area contributed by atoms with Gasteiger partial charge in [-0.3, -0.25) is 0 Å². The molecule has 0 saturated carbocycles. The van der Waals surface area contributed by atoms with E-state index in [2.05, 4.69) is 4.98 Å². The van der Waals surface area contributed by atoms with E-state index in [1.54, 1.807) is 19.1 Å². The van der Waals surface area contributed by atoms with Crippen molar-refractivity contribution in [2.75, 3.05) is 0 Å². The highest BCUT2D eigenvalue weighted by Gasteiger charge is 2.13. The molecule has 4 heteroatoms. The van der Waals surface area contributed by atoms with E-state index in [1.165, 1.54) is 12.1 Å². The topological polar surface area (TPSA) is 53.1 Å². The number of benzene rings is 2. The normalized spacial score (nSPS) is 10.2. The lowest BCUT2D eigenvalue weighted by Crippen LogP contribution is -1.97. The van der Waals surface area contributed by atoms with Crippen LogP contribution in [0, 0.1) is 12.7 Å². The lowest BCUT2D eigenvalue weighted by Gasteiger charge is -2.02. The van der Waals surface area contributed by atoms with Crippen molar-refractivity contribution in [2.24, 2.45) is 0 Å². The first-order chi connectivity index (χ1) is 10.6. The van der Waals surface area contributed by atoms with Crippen LogP contribution in [0.25, 0.3) is 22.0 Å². The molecule has 3 aromatic rings. The fourth-order valence-electron chi connectivity index (χ4n) is 2.37. The molecule has 1 heterocycles. The first-order valence-corrected chi connectivity index (χ1v) is 7.18. The van der Waals surface area contributed by atoms with Crippen molar-refractivity contribution in [3.8, 4) is 11.1 Å². The molecule has 0 amide bonds. The monoisotopic (exact) mass is 299 g/mol. The minimum absolute atomic E-state index is 0.205. The Kier molecular flexibility index (Phi) is 4.61. The number of H-pyrrole nitrogens is 1. The Bertz CT molecular complexity index is 804. The zero-order chi connectivity index (χ0) is 16.3. The van der Waals surface area contributed by atoms with Gasteiger partial charge in [-0.25, -0.2) is 9.18 Å². The first-order valence-electron chi connectivity index (χ1n) is 7.18. The number of halogens is 1. The van der Waals surface area contributed by atoms with Gasteiger partial charge >= 0.3 is 5.97 Å². The van der Waals surface area contributed by atoms with E-state index < -0.39 is 5.97 Å². The highest BCUT2D eigenvalue weighted by Crippen LogP contribution is 2.27. The largest absolute Gasteiger partial charge is 0.477 e. The van der Waals surface area contributed by atoms with E-state index in [1.807, 2.05) is 32.0 Å². The van der Waals surface area contributed by atoms with Crippen LogP contribution >= 0.6 is 0 Å². The van der Waals surface area contributed by atoms with Crippen LogP contribution in [-0.2, 0) is 0 Å². The lowest BCUT2D eigenvalue weighted by molar-refractivity contribution is 0.0691. The number of rotatable bonds is 2. The van der Waals surface area contributed by atoms with Crippen LogP contribution in [0.5, 0.6) is 0 Å². The molecule has 0 saturated heterocycles. The molecule has 0 atom stereocenters. The Morgan fingerprint density at radius 3 is 2.23 bits per heavy atom. The highest BCUT2D eigenvalue weighted by molar-refractivity contribution is 5.98. The molecule has 0 unspecified atom stereocenters. The predicted octanol–water partition coefficient (Wildman–Crippen LogP) is 5.01. The van der Waals surface area contributed by atoms with Crippen LogP contribution in [0.2, 0.25) is 0 Å². The van der Waals surface area contributed by atoms with E-state index in [-0.39, 0.29) is 11.5 Å². The summed E-state index contributed by atoms with van der Waals surface area (Å²) in [5.41, 5.74) is 3.49. The van der Waals surface area contributed by atoms with Gasteiger partial charge < -0.3 is 10.1 Å². The van der Waals surface area contributed by atoms with E-state index in [9.17, 15) is 9.18 Å². The Morgan fingerprint density at radius 1 is 1.05 bits per heavy atom. The summed E-state index contributed by atoms with van der Waals surface area (Å²) in [6, 6.07) is 11.9. The van der Waals surface area contributed by atoms with Gasteiger partial charge in [0.25, 0.3) is 0 Å². The first kappa shape index (κ1) is 15.8. The quantitative estimate of drug-likeness (QED) is 0.699. The second-order valence-electron chi connectivity index (χ2n) is 4.70. The van der Waals surface area contributed by atoms with Gasteiger partial charge in [0.2, 0.25) is 0 Å². The van der Waals surface area contributed by atoms with Crippen molar-refractivity contribution in [1.82, 2.24) is 4.98 Å². The van der Waals surface area contributed by atoms with Gasteiger partial charge in [-0.2, -0.15) is 0 Å². The van der Waals surface area contributed by atoms with E-state index >= 15 is 0 Å². The summed E-state index contributed by atoms with van der Waals surface area (Å²) in [7, 11) is 0. The fraction of sp³-hybridized carbons (Fsp3) is 0.167. The number of carbonyl (C=O) groups is 1. The van der Waals surface area contributed by atoms with Crippen LogP contribution in [0.1, 0.15) is 29.9 Å². The van der Waals surface area contributed by atoms with Crippen LogP contribution in [0.15, 0.2) is 42.5 Å². The van der Waals surface area contributed by atoms with Gasteiger partial charge in [-0.05, 0) is 41.8 Å². The Balaban J connectivity index is 0.000000847. The van der Waals surface area contributed by atoms with Gasteiger partial charge in [-0.1, -0.05) is 38.1 Å². The third-order valence-corrected chi connectivity index (χ3v) is 3.45. The van der Waals surface area contributed by atoms with Crippen molar-refractivity contribution >= 4 is 16.9 Å². The van der Waals surface area contributed by atoms with E-state index in [0.717, 1.165) is 27.6 Å². The molecule has 0 fully saturated rings. The maximum absolute atomic E-state index is 12.9. The highest BCUT2D eigenvalue weighted by atomic mass is 19.1. The summed E-state index contributed by atoms with van der Waals surface area (Å²) in [4.78, 5) is 14.0. The predicted molar refractivity (Wildman–Crippen MR) is 86.7 cm³/mol. The molecule has 1 aromatic heterocycles. The van der Waals surface area contributed by atoms with Crippen molar-refractivity contribution in [3.05, 3.63) is 59.5 Å². The Hall–Kier alpha value is -2.62. The molecule has 0 aliphatic rings. The molecule has 3 nitrogen and oxygen atoms in total. The number of carboxylic acid groups (broad SMARTS) is 1.